The van der Waals surface area contributed by atoms with Gasteiger partial charge in [-0.15, -0.1) is 0 Å². The Labute approximate surface area is 356 Å². The summed E-state index contributed by atoms with van der Waals surface area (Å²) < 4.78 is 16.6. The number of carbonyl (C=O) groups excluding carboxylic acids is 3. The quantitative estimate of drug-likeness (QED) is 0.0265. The molecular formula is C52H86O6. The number of unbranched alkanes of at least 4 members (excludes halogenated alkanes) is 16. The highest BCUT2D eigenvalue weighted by molar-refractivity contribution is 5.71. The van der Waals surface area contributed by atoms with Crippen molar-refractivity contribution in [3.8, 4) is 0 Å². The molecule has 0 amide bonds. The van der Waals surface area contributed by atoms with E-state index in [1.165, 1.54) is 64.2 Å². The fourth-order valence-corrected chi connectivity index (χ4v) is 6.07. The predicted octanol–water partition coefficient (Wildman–Crippen LogP) is 15.3. The van der Waals surface area contributed by atoms with Crippen molar-refractivity contribution in [2.24, 2.45) is 0 Å². The van der Waals surface area contributed by atoms with Gasteiger partial charge in [-0.2, -0.15) is 0 Å². The fourth-order valence-electron chi connectivity index (χ4n) is 6.07. The van der Waals surface area contributed by atoms with Crippen molar-refractivity contribution in [2.75, 3.05) is 13.2 Å². The first-order valence-corrected chi connectivity index (χ1v) is 23.6. The molecule has 6 heteroatoms. The van der Waals surface area contributed by atoms with Crippen LogP contribution in [0.15, 0.2) is 85.1 Å². The molecule has 0 N–H and O–H groups in total. The van der Waals surface area contributed by atoms with E-state index in [4.69, 9.17) is 14.2 Å². The summed E-state index contributed by atoms with van der Waals surface area (Å²) in [5, 5.41) is 0. The van der Waals surface area contributed by atoms with Crippen LogP contribution in [-0.4, -0.2) is 37.2 Å². The molecule has 0 aliphatic carbocycles. The summed E-state index contributed by atoms with van der Waals surface area (Å²) in [7, 11) is 0. The average Bonchev–Trinajstić information content (AvgIpc) is 3.22. The zero-order valence-corrected chi connectivity index (χ0v) is 37.5. The molecule has 0 aromatic carbocycles. The molecule has 0 radical (unpaired) electrons. The van der Waals surface area contributed by atoms with Crippen LogP contribution in [0.4, 0.5) is 0 Å². The van der Waals surface area contributed by atoms with E-state index in [2.05, 4.69) is 93.7 Å². The third-order valence-corrected chi connectivity index (χ3v) is 9.60. The number of ether oxygens (including phenoxy) is 3. The van der Waals surface area contributed by atoms with Gasteiger partial charge in [0.25, 0.3) is 0 Å². The molecule has 58 heavy (non-hydrogen) atoms. The summed E-state index contributed by atoms with van der Waals surface area (Å²) in [6, 6.07) is 0. The van der Waals surface area contributed by atoms with Gasteiger partial charge in [0, 0.05) is 19.3 Å². The molecule has 0 fully saturated rings. The highest BCUT2D eigenvalue weighted by atomic mass is 16.6. The van der Waals surface area contributed by atoms with Gasteiger partial charge >= 0.3 is 17.9 Å². The molecule has 0 saturated heterocycles. The normalized spacial score (nSPS) is 12.8. The van der Waals surface area contributed by atoms with Crippen LogP contribution >= 0.6 is 0 Å². The lowest BCUT2D eigenvalue weighted by atomic mass is 10.1. The highest BCUT2D eigenvalue weighted by Crippen LogP contribution is 2.13. The highest BCUT2D eigenvalue weighted by Gasteiger charge is 2.19. The van der Waals surface area contributed by atoms with E-state index in [1.54, 1.807) is 0 Å². The molecular weight excluding hydrogens is 721 g/mol. The van der Waals surface area contributed by atoms with Crippen molar-refractivity contribution in [3.05, 3.63) is 85.1 Å². The van der Waals surface area contributed by atoms with Gasteiger partial charge in [-0.25, -0.2) is 0 Å². The molecule has 0 aromatic heterocycles. The SMILES string of the molecule is CC/C=C\C/C=C\C/C=C\C/C=C\CCC(=O)OC(COC(=O)CCCCCCC/C=C\CCC)COC(=O)CCCCCCCCC/C=C\C/C=C\CCCCC. The first-order chi connectivity index (χ1) is 28.5. The molecule has 1 atom stereocenters. The summed E-state index contributed by atoms with van der Waals surface area (Å²) in [5.74, 6) is -1.02. The Balaban J connectivity index is 4.46. The largest absolute Gasteiger partial charge is 0.462 e. The van der Waals surface area contributed by atoms with Crippen LogP contribution in [0.3, 0.4) is 0 Å². The van der Waals surface area contributed by atoms with Crippen molar-refractivity contribution in [2.45, 2.75) is 213 Å². The standard InChI is InChI=1S/C52H86O6/c1-4-7-10-13-16-19-22-24-25-26-27-29-30-33-36-39-42-45-51(54)57-48-49(47-56-50(53)44-41-38-35-32-21-18-15-12-9-6-3)58-52(55)46-43-40-37-34-31-28-23-20-17-14-11-8-5-2/h8,11-12,15-17,19-20,24-25,28,31,37,40,49H,4-7,9-10,13-14,18,21-23,26-27,29-30,32-36,38-39,41-48H2,1-3H3/b11-8-,15-12-,19-16-,20-17-,25-24-,31-28-,40-37-. The van der Waals surface area contributed by atoms with Crippen LogP contribution < -0.4 is 0 Å². The molecule has 6 nitrogen and oxygen atoms in total. The smallest absolute Gasteiger partial charge is 0.306 e. The van der Waals surface area contributed by atoms with Crippen molar-refractivity contribution in [1.29, 1.82) is 0 Å². The maximum atomic E-state index is 12.7. The number of allylic oxidation sites excluding steroid dienone is 14. The number of hydrogen-bond acceptors (Lipinski definition) is 6. The van der Waals surface area contributed by atoms with Crippen LogP contribution in [0.1, 0.15) is 207 Å². The molecule has 0 spiro atoms. The summed E-state index contributed by atoms with van der Waals surface area (Å²) in [6.45, 7) is 6.34. The van der Waals surface area contributed by atoms with E-state index in [0.717, 1.165) is 96.3 Å². The van der Waals surface area contributed by atoms with E-state index < -0.39 is 12.1 Å². The van der Waals surface area contributed by atoms with Gasteiger partial charge in [-0.1, -0.05) is 176 Å². The van der Waals surface area contributed by atoms with Crippen molar-refractivity contribution >= 4 is 17.9 Å². The second-order valence-electron chi connectivity index (χ2n) is 15.3. The first kappa shape index (κ1) is 54.6. The van der Waals surface area contributed by atoms with Crippen molar-refractivity contribution < 1.29 is 28.6 Å². The van der Waals surface area contributed by atoms with Crippen LogP contribution in [0.2, 0.25) is 0 Å². The van der Waals surface area contributed by atoms with E-state index in [1.807, 2.05) is 12.2 Å². The topological polar surface area (TPSA) is 78.9 Å². The Bertz CT molecular complexity index is 1160. The first-order valence-electron chi connectivity index (χ1n) is 23.6. The lowest BCUT2D eigenvalue weighted by Crippen LogP contribution is -2.30. The van der Waals surface area contributed by atoms with Gasteiger partial charge in [0.2, 0.25) is 0 Å². The Morgan fingerprint density at radius 3 is 1.21 bits per heavy atom. The molecule has 0 aliphatic rings. The second kappa shape index (κ2) is 46.3. The third-order valence-electron chi connectivity index (χ3n) is 9.60. The second-order valence-corrected chi connectivity index (χ2v) is 15.3. The monoisotopic (exact) mass is 807 g/mol. The molecule has 0 aromatic rings. The number of rotatable bonds is 41. The van der Waals surface area contributed by atoms with E-state index in [0.29, 0.717) is 19.3 Å². The van der Waals surface area contributed by atoms with E-state index >= 15 is 0 Å². The summed E-state index contributed by atoms with van der Waals surface area (Å²) >= 11 is 0. The minimum absolute atomic E-state index is 0.113. The van der Waals surface area contributed by atoms with E-state index in [9.17, 15) is 14.4 Å². The van der Waals surface area contributed by atoms with Gasteiger partial charge < -0.3 is 14.2 Å². The zero-order valence-electron chi connectivity index (χ0n) is 37.5. The molecule has 0 aliphatic heterocycles. The Hall–Kier alpha value is -3.41. The average molecular weight is 807 g/mol. The molecule has 1 unspecified atom stereocenters. The molecule has 0 saturated carbocycles. The fraction of sp³-hybridized carbons (Fsp3) is 0.673. The minimum Gasteiger partial charge on any atom is -0.462 e. The van der Waals surface area contributed by atoms with Crippen molar-refractivity contribution in [1.82, 2.24) is 0 Å². The maximum Gasteiger partial charge on any atom is 0.306 e. The summed E-state index contributed by atoms with van der Waals surface area (Å²) in [4.78, 5) is 37.7. The zero-order chi connectivity index (χ0) is 42.3. The predicted molar refractivity (Wildman–Crippen MR) is 247 cm³/mol. The lowest BCUT2D eigenvalue weighted by molar-refractivity contribution is -0.166. The van der Waals surface area contributed by atoms with Crippen molar-refractivity contribution in [3.63, 3.8) is 0 Å². The van der Waals surface area contributed by atoms with Gasteiger partial charge in [-0.05, 0) is 96.3 Å². The van der Waals surface area contributed by atoms with Gasteiger partial charge in [0.1, 0.15) is 13.2 Å². The Morgan fingerprint density at radius 2 is 0.741 bits per heavy atom. The molecule has 0 bridgehead atoms. The molecule has 0 heterocycles. The van der Waals surface area contributed by atoms with E-state index in [-0.39, 0.29) is 31.6 Å². The summed E-state index contributed by atoms with van der Waals surface area (Å²) in [6.07, 6.45) is 58.7. The Morgan fingerprint density at radius 1 is 0.362 bits per heavy atom. The lowest BCUT2D eigenvalue weighted by Gasteiger charge is -2.18. The molecule has 330 valence electrons. The van der Waals surface area contributed by atoms with Crippen LogP contribution in [-0.2, 0) is 28.6 Å². The third kappa shape index (κ3) is 43.7. The van der Waals surface area contributed by atoms with Crippen LogP contribution in [0, 0.1) is 0 Å². The Kier molecular flexibility index (Phi) is 43.6. The summed E-state index contributed by atoms with van der Waals surface area (Å²) in [5.41, 5.74) is 0. The van der Waals surface area contributed by atoms with Gasteiger partial charge in [0.05, 0.1) is 0 Å². The van der Waals surface area contributed by atoms with Gasteiger partial charge in [-0.3, -0.25) is 14.4 Å². The number of hydrogen-bond donors (Lipinski definition) is 0. The number of esters is 3. The number of carbonyl (C=O) groups is 3. The van der Waals surface area contributed by atoms with Gasteiger partial charge in [0.15, 0.2) is 6.10 Å². The van der Waals surface area contributed by atoms with Crippen LogP contribution in [0.25, 0.3) is 0 Å². The maximum absolute atomic E-state index is 12.7. The minimum atomic E-state index is -0.819. The van der Waals surface area contributed by atoms with Crippen LogP contribution in [0.5, 0.6) is 0 Å². The molecule has 0 rings (SSSR count).